The molecule has 1 N–H and O–H groups in total. The van der Waals surface area contributed by atoms with E-state index in [9.17, 15) is 4.39 Å². The van der Waals surface area contributed by atoms with Gasteiger partial charge in [0.25, 0.3) is 0 Å². The number of aromatic nitrogens is 1. The number of halogens is 2. The van der Waals surface area contributed by atoms with Crippen LogP contribution in [0.1, 0.15) is 16.8 Å². The van der Waals surface area contributed by atoms with E-state index in [4.69, 9.17) is 11.6 Å². The molecule has 0 saturated carbocycles. The zero-order valence-corrected chi connectivity index (χ0v) is 10.9. The van der Waals surface area contributed by atoms with Gasteiger partial charge < -0.3 is 5.32 Å². The predicted molar refractivity (Wildman–Crippen MR) is 70.2 cm³/mol. The van der Waals surface area contributed by atoms with Crippen LogP contribution in [-0.2, 0) is 13.0 Å². The maximum Gasteiger partial charge on any atom is 0.141 e. The molecule has 17 heavy (non-hydrogen) atoms. The van der Waals surface area contributed by atoms with Crippen molar-refractivity contribution in [1.82, 2.24) is 4.98 Å². The first-order valence-electron chi connectivity index (χ1n) is 5.31. The summed E-state index contributed by atoms with van der Waals surface area (Å²) in [5.41, 5.74) is 0.808. The van der Waals surface area contributed by atoms with Crippen molar-refractivity contribution in [3.8, 4) is 0 Å². The smallest absolute Gasteiger partial charge is 0.141 e. The molecule has 0 bridgehead atoms. The highest BCUT2D eigenvalue weighted by Crippen LogP contribution is 2.21. The molecule has 2 aromatic rings. The third-order valence-corrected chi connectivity index (χ3v) is 3.72. The van der Waals surface area contributed by atoms with Crippen LogP contribution in [0.3, 0.4) is 0 Å². The highest BCUT2D eigenvalue weighted by atomic mass is 35.5. The lowest BCUT2D eigenvalue weighted by atomic mass is 10.3. The Labute approximate surface area is 108 Å². The normalized spacial score (nSPS) is 10.5. The van der Waals surface area contributed by atoms with E-state index in [1.807, 2.05) is 6.20 Å². The Kier molecular flexibility index (Phi) is 3.97. The zero-order chi connectivity index (χ0) is 12.3. The summed E-state index contributed by atoms with van der Waals surface area (Å²) in [6.07, 6.45) is 2.81. The number of hydrogen-bond donors (Lipinski definition) is 1. The fourth-order valence-corrected chi connectivity index (χ4v) is 2.37. The second-order valence-corrected chi connectivity index (χ2v) is 5.16. The van der Waals surface area contributed by atoms with Crippen molar-refractivity contribution in [1.29, 1.82) is 0 Å². The monoisotopic (exact) mass is 270 g/mol. The van der Waals surface area contributed by atoms with Crippen molar-refractivity contribution < 1.29 is 4.39 Å². The molecule has 0 aliphatic rings. The second-order valence-electron chi connectivity index (χ2n) is 3.56. The van der Waals surface area contributed by atoms with Gasteiger partial charge in [0.1, 0.15) is 5.82 Å². The van der Waals surface area contributed by atoms with Crippen LogP contribution in [0.2, 0.25) is 5.02 Å². The Morgan fingerprint density at radius 2 is 2.29 bits per heavy atom. The van der Waals surface area contributed by atoms with Crippen LogP contribution in [-0.4, -0.2) is 4.98 Å². The van der Waals surface area contributed by atoms with E-state index in [-0.39, 0.29) is 5.02 Å². The van der Waals surface area contributed by atoms with Crippen LogP contribution in [0.25, 0.3) is 0 Å². The molecule has 1 heterocycles. The molecule has 1 aromatic carbocycles. The quantitative estimate of drug-likeness (QED) is 0.904. The van der Waals surface area contributed by atoms with E-state index < -0.39 is 5.82 Å². The molecule has 90 valence electrons. The standard InChI is InChI=1S/C12H12ClFN2S/c1-2-12-16-7-9(17-12)6-15-8-3-4-11(14)10(13)5-8/h3-5,7,15H,2,6H2,1H3. The van der Waals surface area contributed by atoms with Gasteiger partial charge in [-0.15, -0.1) is 11.3 Å². The first kappa shape index (κ1) is 12.3. The second kappa shape index (κ2) is 5.47. The highest BCUT2D eigenvalue weighted by molar-refractivity contribution is 7.11. The molecular formula is C12H12ClFN2S. The summed E-state index contributed by atoms with van der Waals surface area (Å²) >= 11 is 7.38. The summed E-state index contributed by atoms with van der Waals surface area (Å²) in [5, 5.41) is 4.44. The molecule has 0 atom stereocenters. The number of nitrogens with zero attached hydrogens (tertiary/aromatic N) is 1. The molecule has 0 saturated heterocycles. The molecule has 2 nitrogen and oxygen atoms in total. The summed E-state index contributed by atoms with van der Waals surface area (Å²) in [6.45, 7) is 2.76. The molecule has 1 aromatic heterocycles. The molecule has 0 spiro atoms. The molecule has 0 aliphatic carbocycles. The Morgan fingerprint density at radius 3 is 2.94 bits per heavy atom. The number of anilines is 1. The predicted octanol–water partition coefficient (Wildman–Crippen LogP) is 4.11. The van der Waals surface area contributed by atoms with E-state index in [1.165, 1.54) is 6.07 Å². The van der Waals surface area contributed by atoms with Crippen LogP contribution in [0, 0.1) is 5.82 Å². The minimum atomic E-state index is -0.400. The lowest BCUT2D eigenvalue weighted by Crippen LogP contribution is -1.97. The van der Waals surface area contributed by atoms with Crippen LogP contribution in [0.4, 0.5) is 10.1 Å². The van der Waals surface area contributed by atoms with E-state index in [1.54, 1.807) is 23.5 Å². The fraction of sp³-hybridized carbons (Fsp3) is 0.250. The molecule has 0 amide bonds. The van der Waals surface area contributed by atoms with Gasteiger partial charge in [-0.05, 0) is 24.6 Å². The van der Waals surface area contributed by atoms with E-state index in [2.05, 4.69) is 17.2 Å². The lowest BCUT2D eigenvalue weighted by molar-refractivity contribution is 0.628. The molecule has 0 unspecified atom stereocenters. The van der Waals surface area contributed by atoms with Crippen LogP contribution in [0.5, 0.6) is 0 Å². The van der Waals surface area contributed by atoms with Gasteiger partial charge in [-0.3, -0.25) is 0 Å². The molecule has 0 fully saturated rings. The van der Waals surface area contributed by atoms with Crippen LogP contribution < -0.4 is 5.32 Å². The molecule has 5 heteroatoms. The highest BCUT2D eigenvalue weighted by Gasteiger charge is 2.02. The molecular weight excluding hydrogens is 259 g/mol. The summed E-state index contributed by atoms with van der Waals surface area (Å²) in [7, 11) is 0. The number of nitrogens with one attached hydrogen (secondary N) is 1. The minimum Gasteiger partial charge on any atom is -0.380 e. The van der Waals surface area contributed by atoms with Gasteiger partial charge >= 0.3 is 0 Å². The van der Waals surface area contributed by atoms with Gasteiger partial charge in [-0.25, -0.2) is 9.37 Å². The molecule has 0 radical (unpaired) electrons. The first-order valence-corrected chi connectivity index (χ1v) is 6.51. The van der Waals surface area contributed by atoms with Crippen molar-refractivity contribution >= 4 is 28.6 Å². The summed E-state index contributed by atoms with van der Waals surface area (Å²) in [5.74, 6) is -0.400. The maximum absolute atomic E-state index is 12.9. The molecule has 0 aliphatic heterocycles. The summed E-state index contributed by atoms with van der Waals surface area (Å²) in [4.78, 5) is 5.43. The third kappa shape index (κ3) is 3.17. The average molecular weight is 271 g/mol. The lowest BCUT2D eigenvalue weighted by Gasteiger charge is -2.05. The minimum absolute atomic E-state index is 0.133. The Morgan fingerprint density at radius 1 is 1.47 bits per heavy atom. The number of hydrogen-bond acceptors (Lipinski definition) is 3. The third-order valence-electron chi connectivity index (χ3n) is 2.29. The van der Waals surface area contributed by atoms with Crippen molar-refractivity contribution in [2.24, 2.45) is 0 Å². The SMILES string of the molecule is CCc1ncc(CNc2ccc(F)c(Cl)c2)s1. The van der Waals surface area contributed by atoms with Crippen molar-refractivity contribution in [3.63, 3.8) is 0 Å². The summed E-state index contributed by atoms with van der Waals surface area (Å²) in [6, 6.07) is 4.61. The maximum atomic E-state index is 12.9. The van der Waals surface area contributed by atoms with E-state index in [0.29, 0.717) is 6.54 Å². The van der Waals surface area contributed by atoms with Crippen molar-refractivity contribution in [3.05, 3.63) is 45.1 Å². The Balaban J connectivity index is 1.99. The van der Waals surface area contributed by atoms with Crippen LogP contribution >= 0.6 is 22.9 Å². The fourth-order valence-electron chi connectivity index (χ4n) is 1.39. The van der Waals surface area contributed by atoms with E-state index >= 15 is 0 Å². The van der Waals surface area contributed by atoms with Gasteiger partial charge in [0.2, 0.25) is 0 Å². The topological polar surface area (TPSA) is 24.9 Å². The van der Waals surface area contributed by atoms with Crippen LogP contribution in [0.15, 0.2) is 24.4 Å². The number of rotatable bonds is 4. The van der Waals surface area contributed by atoms with Gasteiger partial charge in [-0.1, -0.05) is 18.5 Å². The van der Waals surface area contributed by atoms with E-state index in [0.717, 1.165) is 22.0 Å². The zero-order valence-electron chi connectivity index (χ0n) is 9.34. The number of aryl methyl sites for hydroxylation is 1. The molecule has 2 rings (SSSR count). The Hall–Kier alpha value is -1.13. The van der Waals surface area contributed by atoms with Gasteiger partial charge in [0.05, 0.1) is 16.6 Å². The number of thiazole rings is 1. The number of benzene rings is 1. The average Bonchev–Trinajstić information content (AvgIpc) is 2.79. The summed E-state index contributed by atoms with van der Waals surface area (Å²) < 4.78 is 12.9. The van der Waals surface area contributed by atoms with Gasteiger partial charge in [0, 0.05) is 16.8 Å². The first-order chi connectivity index (χ1) is 8.19. The van der Waals surface area contributed by atoms with Gasteiger partial charge in [0.15, 0.2) is 0 Å². The Bertz CT molecular complexity index is 513. The van der Waals surface area contributed by atoms with Crippen molar-refractivity contribution in [2.45, 2.75) is 19.9 Å². The largest absolute Gasteiger partial charge is 0.380 e. The van der Waals surface area contributed by atoms with Crippen molar-refractivity contribution in [2.75, 3.05) is 5.32 Å². The van der Waals surface area contributed by atoms with Gasteiger partial charge in [-0.2, -0.15) is 0 Å².